The number of nitrogens with one attached hydrogen (secondary N) is 1. The van der Waals surface area contributed by atoms with Gasteiger partial charge in [0.05, 0.1) is 18.7 Å². The molecule has 0 spiro atoms. The summed E-state index contributed by atoms with van der Waals surface area (Å²) < 4.78 is 9.68. The van der Waals surface area contributed by atoms with Crippen molar-refractivity contribution in [2.75, 3.05) is 13.7 Å². The zero-order chi connectivity index (χ0) is 14.3. The summed E-state index contributed by atoms with van der Waals surface area (Å²) in [5, 5.41) is 11.1. The molecule has 0 radical (unpaired) electrons. The Kier molecular flexibility index (Phi) is 5.35. The molecule has 0 heterocycles. The third kappa shape index (κ3) is 4.68. The molecule has 6 heteroatoms. The number of nitriles is 1. The van der Waals surface area contributed by atoms with Crippen molar-refractivity contribution >= 4 is 11.9 Å². The molecule has 19 heavy (non-hydrogen) atoms. The maximum Gasteiger partial charge on any atom is 0.328 e. The minimum atomic E-state index is -0.720. The fourth-order valence-corrected chi connectivity index (χ4v) is 1.29. The summed E-state index contributed by atoms with van der Waals surface area (Å²) in [6.45, 7) is 1.30. The highest BCUT2D eigenvalue weighted by Gasteiger charge is 2.15. The Morgan fingerprint density at radius 1 is 1.37 bits per heavy atom. The monoisotopic (exact) mass is 262 g/mol. The van der Waals surface area contributed by atoms with E-state index < -0.39 is 17.9 Å². The molecule has 1 amide bonds. The summed E-state index contributed by atoms with van der Waals surface area (Å²) in [5.74, 6) is -0.478. The molecule has 0 unspecified atom stereocenters. The Balaban J connectivity index is 2.41. The summed E-state index contributed by atoms with van der Waals surface area (Å²) in [6.07, 6.45) is 0. The number of carbonyl (C=O) groups excluding carboxylic acids is 2. The lowest BCUT2D eigenvalue weighted by Crippen LogP contribution is -2.41. The van der Waals surface area contributed by atoms with E-state index in [0.29, 0.717) is 11.3 Å². The highest BCUT2D eigenvalue weighted by molar-refractivity contribution is 5.84. The van der Waals surface area contributed by atoms with E-state index in [1.807, 2.05) is 6.07 Å². The molecular formula is C13H14N2O4. The van der Waals surface area contributed by atoms with E-state index in [2.05, 4.69) is 10.1 Å². The molecule has 0 aliphatic rings. The largest absolute Gasteiger partial charge is 0.484 e. The number of hydrogen-bond donors (Lipinski definition) is 1. The molecule has 1 rings (SSSR count). The quantitative estimate of drug-likeness (QED) is 0.785. The van der Waals surface area contributed by atoms with Crippen molar-refractivity contribution in [1.29, 1.82) is 5.26 Å². The number of hydrogen-bond acceptors (Lipinski definition) is 5. The number of ether oxygens (including phenoxy) is 2. The van der Waals surface area contributed by atoms with Crippen LogP contribution in [0.5, 0.6) is 5.75 Å². The molecule has 0 saturated heterocycles. The van der Waals surface area contributed by atoms with Crippen LogP contribution in [0.3, 0.4) is 0 Å². The van der Waals surface area contributed by atoms with Gasteiger partial charge in [-0.25, -0.2) is 4.79 Å². The third-order valence-electron chi connectivity index (χ3n) is 2.29. The number of benzene rings is 1. The van der Waals surface area contributed by atoms with E-state index in [1.54, 1.807) is 24.3 Å². The van der Waals surface area contributed by atoms with Gasteiger partial charge in [-0.05, 0) is 31.2 Å². The zero-order valence-corrected chi connectivity index (χ0v) is 10.7. The van der Waals surface area contributed by atoms with Crippen molar-refractivity contribution in [3.8, 4) is 11.8 Å². The molecule has 0 aromatic heterocycles. The Hall–Kier alpha value is -2.55. The minimum absolute atomic E-state index is 0.215. The van der Waals surface area contributed by atoms with Crippen LogP contribution in [-0.4, -0.2) is 31.6 Å². The number of amides is 1. The SMILES string of the molecule is COC(=O)[C@H](C)NC(=O)COc1ccc(C#N)cc1. The molecule has 0 bridgehead atoms. The smallest absolute Gasteiger partial charge is 0.328 e. The van der Waals surface area contributed by atoms with Crippen LogP contribution < -0.4 is 10.1 Å². The maximum absolute atomic E-state index is 11.5. The van der Waals surface area contributed by atoms with Gasteiger partial charge in [-0.15, -0.1) is 0 Å². The first-order valence-electron chi connectivity index (χ1n) is 5.57. The van der Waals surface area contributed by atoms with Gasteiger partial charge in [-0.3, -0.25) is 4.79 Å². The lowest BCUT2D eigenvalue weighted by Gasteiger charge is -2.12. The molecular weight excluding hydrogens is 248 g/mol. The first kappa shape index (κ1) is 14.5. The highest BCUT2D eigenvalue weighted by Crippen LogP contribution is 2.11. The van der Waals surface area contributed by atoms with Gasteiger partial charge in [-0.1, -0.05) is 0 Å². The second-order valence-corrected chi connectivity index (χ2v) is 3.74. The summed E-state index contributed by atoms with van der Waals surface area (Å²) in [5.41, 5.74) is 0.510. The maximum atomic E-state index is 11.5. The Morgan fingerprint density at radius 2 is 2.00 bits per heavy atom. The Bertz CT molecular complexity index is 490. The van der Waals surface area contributed by atoms with Crippen molar-refractivity contribution in [3.63, 3.8) is 0 Å². The van der Waals surface area contributed by atoms with Gasteiger partial charge in [0.1, 0.15) is 11.8 Å². The molecule has 1 aromatic rings. The Labute approximate surface area is 110 Å². The predicted molar refractivity (Wildman–Crippen MR) is 66.3 cm³/mol. The summed E-state index contributed by atoms with van der Waals surface area (Å²) in [4.78, 5) is 22.6. The summed E-state index contributed by atoms with van der Waals surface area (Å²) in [6, 6.07) is 7.62. The van der Waals surface area contributed by atoms with Crippen molar-refractivity contribution in [2.45, 2.75) is 13.0 Å². The molecule has 0 fully saturated rings. The van der Waals surface area contributed by atoms with Crippen LogP contribution >= 0.6 is 0 Å². The normalized spacial score (nSPS) is 11.0. The van der Waals surface area contributed by atoms with Crippen LogP contribution in [0.2, 0.25) is 0 Å². The van der Waals surface area contributed by atoms with Gasteiger partial charge in [0, 0.05) is 0 Å². The lowest BCUT2D eigenvalue weighted by atomic mass is 10.2. The van der Waals surface area contributed by atoms with Gasteiger partial charge in [0.15, 0.2) is 6.61 Å². The lowest BCUT2D eigenvalue weighted by molar-refractivity contribution is -0.144. The van der Waals surface area contributed by atoms with Gasteiger partial charge in [0.2, 0.25) is 0 Å². The van der Waals surface area contributed by atoms with E-state index in [1.165, 1.54) is 14.0 Å². The first-order chi connectivity index (χ1) is 9.06. The third-order valence-corrected chi connectivity index (χ3v) is 2.29. The van der Waals surface area contributed by atoms with E-state index >= 15 is 0 Å². The minimum Gasteiger partial charge on any atom is -0.484 e. The van der Waals surface area contributed by atoms with Crippen LogP contribution in [0, 0.1) is 11.3 Å². The van der Waals surface area contributed by atoms with Crippen LogP contribution in [0.25, 0.3) is 0 Å². The second kappa shape index (κ2) is 7.01. The number of esters is 1. The number of carbonyl (C=O) groups is 2. The molecule has 1 N–H and O–H groups in total. The van der Waals surface area contributed by atoms with E-state index in [0.717, 1.165) is 0 Å². The fraction of sp³-hybridized carbons (Fsp3) is 0.308. The predicted octanol–water partition coefficient (Wildman–Crippen LogP) is 0.615. The second-order valence-electron chi connectivity index (χ2n) is 3.74. The number of methoxy groups -OCH3 is 1. The van der Waals surface area contributed by atoms with Crippen LogP contribution in [0.4, 0.5) is 0 Å². The molecule has 1 atom stereocenters. The van der Waals surface area contributed by atoms with E-state index in [-0.39, 0.29) is 6.61 Å². The van der Waals surface area contributed by atoms with Crippen molar-refractivity contribution in [1.82, 2.24) is 5.32 Å². The average Bonchev–Trinajstić information content (AvgIpc) is 2.44. The standard InChI is InChI=1S/C13H14N2O4/c1-9(13(17)18-2)15-12(16)8-19-11-5-3-10(7-14)4-6-11/h3-6,9H,8H2,1-2H3,(H,15,16)/t9-/m0/s1. The first-order valence-corrected chi connectivity index (χ1v) is 5.57. The van der Waals surface area contributed by atoms with Gasteiger partial charge < -0.3 is 14.8 Å². The average molecular weight is 262 g/mol. The topological polar surface area (TPSA) is 88.4 Å². The molecule has 1 aromatic carbocycles. The molecule has 0 saturated carbocycles. The summed E-state index contributed by atoms with van der Waals surface area (Å²) >= 11 is 0. The van der Waals surface area contributed by atoms with Crippen molar-refractivity contribution in [3.05, 3.63) is 29.8 Å². The van der Waals surface area contributed by atoms with Gasteiger partial charge in [-0.2, -0.15) is 5.26 Å². The number of nitrogens with zero attached hydrogens (tertiary/aromatic N) is 1. The van der Waals surface area contributed by atoms with Crippen molar-refractivity contribution < 1.29 is 19.1 Å². The molecule has 0 aliphatic heterocycles. The van der Waals surface area contributed by atoms with Gasteiger partial charge >= 0.3 is 5.97 Å². The molecule has 6 nitrogen and oxygen atoms in total. The van der Waals surface area contributed by atoms with Crippen LogP contribution in [0.1, 0.15) is 12.5 Å². The van der Waals surface area contributed by atoms with Gasteiger partial charge in [0.25, 0.3) is 5.91 Å². The van der Waals surface area contributed by atoms with Crippen molar-refractivity contribution in [2.24, 2.45) is 0 Å². The van der Waals surface area contributed by atoms with E-state index in [9.17, 15) is 9.59 Å². The molecule has 0 aliphatic carbocycles. The van der Waals surface area contributed by atoms with E-state index in [4.69, 9.17) is 10.00 Å². The molecule has 100 valence electrons. The summed E-state index contributed by atoms with van der Waals surface area (Å²) in [7, 11) is 1.25. The van der Waals surface area contributed by atoms with Crippen LogP contribution in [-0.2, 0) is 14.3 Å². The van der Waals surface area contributed by atoms with Crippen LogP contribution in [0.15, 0.2) is 24.3 Å². The zero-order valence-electron chi connectivity index (χ0n) is 10.7. The number of rotatable bonds is 5. The Morgan fingerprint density at radius 3 is 2.53 bits per heavy atom. The fourth-order valence-electron chi connectivity index (χ4n) is 1.29. The highest BCUT2D eigenvalue weighted by atomic mass is 16.5.